The van der Waals surface area contributed by atoms with E-state index in [9.17, 15) is 17.7 Å². The van der Waals surface area contributed by atoms with Crippen LogP contribution in [-0.4, -0.2) is 16.0 Å². The molecule has 0 heterocycles. The zero-order valence-electron chi connectivity index (χ0n) is 25.6. The second-order valence-electron chi connectivity index (χ2n) is 14.3. The van der Waals surface area contributed by atoms with Crippen LogP contribution >= 0.6 is 0 Å². The first-order valence-corrected chi connectivity index (χ1v) is 17.2. The van der Waals surface area contributed by atoms with Crippen LogP contribution in [0.5, 0.6) is 0 Å². The van der Waals surface area contributed by atoms with Crippen LogP contribution in [0.4, 0.5) is 0 Å². The molecular formula is C30H57O6Ti. The van der Waals surface area contributed by atoms with Gasteiger partial charge in [0.25, 0.3) is 0 Å². The van der Waals surface area contributed by atoms with Crippen LogP contribution in [0.3, 0.4) is 0 Å². The van der Waals surface area contributed by atoms with Crippen molar-refractivity contribution in [3.63, 3.8) is 0 Å². The molecule has 37 heavy (non-hydrogen) atoms. The first-order valence-electron chi connectivity index (χ1n) is 14.5. The van der Waals surface area contributed by atoms with Gasteiger partial charge in [0, 0.05) is 0 Å². The summed E-state index contributed by atoms with van der Waals surface area (Å²) in [5.41, 5.74) is 0.690. The van der Waals surface area contributed by atoms with Gasteiger partial charge in [0.05, 0.1) is 0 Å². The van der Waals surface area contributed by atoms with Crippen LogP contribution in [0.1, 0.15) is 159 Å². The van der Waals surface area contributed by atoms with E-state index in [4.69, 9.17) is 6.64 Å². The maximum atomic E-state index is 13.4. The Balaban J connectivity index is 4.89. The monoisotopic (exact) mass is 561 g/mol. The summed E-state index contributed by atoms with van der Waals surface area (Å²) in [6, 6.07) is 0. The van der Waals surface area contributed by atoms with Gasteiger partial charge in [-0.15, -0.1) is 0 Å². The molecule has 0 saturated heterocycles. The predicted molar refractivity (Wildman–Crippen MR) is 145 cm³/mol. The van der Waals surface area contributed by atoms with Crippen LogP contribution in [0.25, 0.3) is 0 Å². The third kappa shape index (κ3) is 21.7. The Morgan fingerprint density at radius 3 is 1.08 bits per heavy atom. The molecule has 217 valence electrons. The molecule has 0 aliphatic heterocycles. The van der Waals surface area contributed by atoms with Gasteiger partial charge in [0.2, 0.25) is 0 Å². The fourth-order valence-corrected chi connectivity index (χ4v) is 6.44. The molecule has 0 atom stereocenters. The Morgan fingerprint density at radius 1 is 0.486 bits per heavy atom. The molecule has 0 aliphatic rings. The van der Waals surface area contributed by atoms with Crippen molar-refractivity contribution in [2.45, 2.75) is 159 Å². The standard InChI is InChI=1S/2C10H20O2.C10H19O.O.Ti/c2*1-10(2,3)8-6-4-5-7-9(11)12;1-10(2,3)8-6-4-5-7-9-11;;/h2*4-8H2,1-3H3,(H,11,12);4-8H2,1-3H3;;/q;;;;+2/p-2. The van der Waals surface area contributed by atoms with Crippen molar-refractivity contribution in [1.29, 1.82) is 0 Å². The van der Waals surface area contributed by atoms with Gasteiger partial charge < -0.3 is 0 Å². The molecule has 0 aliphatic carbocycles. The zero-order chi connectivity index (χ0) is 28.8. The van der Waals surface area contributed by atoms with E-state index in [1.165, 1.54) is 0 Å². The molecule has 0 radical (unpaired) electrons. The van der Waals surface area contributed by atoms with E-state index >= 15 is 0 Å². The normalized spacial score (nSPS) is 12.9. The maximum absolute atomic E-state index is 13.4. The van der Waals surface area contributed by atoms with Crippen molar-refractivity contribution in [3.05, 3.63) is 0 Å². The Labute approximate surface area is 232 Å². The van der Waals surface area contributed by atoms with Crippen molar-refractivity contribution >= 4 is 16.0 Å². The Hall–Kier alpha value is -0.876. The van der Waals surface area contributed by atoms with Gasteiger partial charge in [-0.25, -0.2) is 0 Å². The van der Waals surface area contributed by atoms with Crippen molar-refractivity contribution in [2.24, 2.45) is 16.2 Å². The SMILES string of the molecule is CC(C)(C)CCCCCC(=O)[O][Ti](=[O])([O]C(=O)CCCCCC(C)(C)C)[C](=O)CCCCCC(C)(C)C. The van der Waals surface area contributed by atoms with Crippen LogP contribution in [0.15, 0.2) is 0 Å². The number of carbonyl (C=O) groups excluding carboxylic acids is 3. The summed E-state index contributed by atoms with van der Waals surface area (Å²) in [5.74, 6) is -1.41. The van der Waals surface area contributed by atoms with Crippen LogP contribution < -0.4 is 0 Å². The van der Waals surface area contributed by atoms with Gasteiger partial charge in [0.1, 0.15) is 0 Å². The number of hydrogen-bond acceptors (Lipinski definition) is 6. The van der Waals surface area contributed by atoms with E-state index in [0.29, 0.717) is 19.3 Å². The molecule has 0 bridgehead atoms. The number of unbranched alkanes of at least 4 members (excludes halogenated alkanes) is 6. The average molecular weight is 562 g/mol. The predicted octanol–water partition coefficient (Wildman–Crippen LogP) is 8.92. The molecular weight excluding hydrogens is 504 g/mol. The van der Waals surface area contributed by atoms with E-state index in [-0.39, 0.29) is 35.5 Å². The molecule has 6 nitrogen and oxygen atoms in total. The Bertz CT molecular complexity index is 695. The molecule has 0 N–H and O–H groups in total. The average Bonchev–Trinajstić information content (AvgIpc) is 2.70. The molecule has 0 aromatic carbocycles. The number of rotatable bonds is 18. The summed E-state index contributed by atoms with van der Waals surface area (Å²) in [5, 5.41) is 0. The molecule has 0 aromatic rings. The summed E-state index contributed by atoms with van der Waals surface area (Å²) in [4.78, 5) is 37.8. The Kier molecular flexibility index (Phi) is 16.5. The summed E-state index contributed by atoms with van der Waals surface area (Å²) in [7, 11) is 0. The van der Waals surface area contributed by atoms with Gasteiger partial charge in [0.15, 0.2) is 0 Å². The fraction of sp³-hybridized carbons (Fsp3) is 0.900. The van der Waals surface area contributed by atoms with Crippen molar-refractivity contribution in [2.75, 3.05) is 0 Å². The van der Waals surface area contributed by atoms with Gasteiger partial charge in [-0.1, -0.05) is 0 Å². The second kappa shape index (κ2) is 16.9. The molecule has 0 spiro atoms. The zero-order valence-corrected chi connectivity index (χ0v) is 27.1. The van der Waals surface area contributed by atoms with Gasteiger partial charge in [-0.3, -0.25) is 0 Å². The van der Waals surface area contributed by atoms with Crippen molar-refractivity contribution in [3.8, 4) is 0 Å². The quantitative estimate of drug-likeness (QED) is 0.123. The Morgan fingerprint density at radius 2 is 0.784 bits per heavy atom. The number of carbonyl (C=O) groups is 3. The van der Waals surface area contributed by atoms with Crippen LogP contribution in [0.2, 0.25) is 0 Å². The van der Waals surface area contributed by atoms with Gasteiger partial charge in [-0.05, 0) is 0 Å². The molecule has 0 fully saturated rings. The third-order valence-corrected chi connectivity index (χ3v) is 9.29. The van der Waals surface area contributed by atoms with E-state index in [1.54, 1.807) is 0 Å². The topological polar surface area (TPSA) is 86.7 Å². The van der Waals surface area contributed by atoms with Crippen LogP contribution in [0, 0.1) is 16.2 Å². The number of hydrogen-bond donors (Lipinski definition) is 0. The minimum absolute atomic E-state index is 0.00533. The first kappa shape index (κ1) is 36.1. The van der Waals surface area contributed by atoms with Crippen molar-refractivity contribution < 1.29 is 41.7 Å². The fourth-order valence-electron chi connectivity index (χ4n) is 4.01. The van der Waals surface area contributed by atoms with Crippen LogP contribution in [-0.2, 0) is 41.7 Å². The molecule has 0 amide bonds. The van der Waals surface area contributed by atoms with E-state index in [2.05, 4.69) is 62.3 Å². The summed E-state index contributed by atoms with van der Waals surface area (Å²) < 4.78 is 23.1. The molecule has 0 saturated carbocycles. The molecule has 7 heteroatoms. The third-order valence-electron chi connectivity index (χ3n) is 6.28. The van der Waals surface area contributed by atoms with E-state index in [0.717, 1.165) is 57.8 Å². The summed E-state index contributed by atoms with van der Waals surface area (Å²) in [6.07, 6.45) is 10.4. The summed E-state index contributed by atoms with van der Waals surface area (Å²) >= 11 is -5.48. The first-order chi connectivity index (χ1) is 16.8. The van der Waals surface area contributed by atoms with E-state index in [1.807, 2.05) is 0 Å². The summed E-state index contributed by atoms with van der Waals surface area (Å²) in [6.45, 7) is 19.6. The molecule has 0 aromatic heterocycles. The second-order valence-corrected chi connectivity index (χ2v) is 17.5. The molecule has 0 rings (SSSR count). The van der Waals surface area contributed by atoms with Gasteiger partial charge >= 0.3 is 233 Å². The minimum atomic E-state index is -5.48. The van der Waals surface area contributed by atoms with Crippen molar-refractivity contribution in [1.82, 2.24) is 0 Å². The van der Waals surface area contributed by atoms with E-state index < -0.39 is 33.4 Å². The van der Waals surface area contributed by atoms with Gasteiger partial charge in [-0.2, -0.15) is 0 Å². The molecule has 0 unspecified atom stereocenters.